The van der Waals surface area contributed by atoms with E-state index in [1.54, 1.807) is 18.5 Å². The second-order valence-electron chi connectivity index (χ2n) is 2.24. The molecule has 3 heteroatoms. The molecule has 0 aliphatic rings. The number of hydrogen-bond donors (Lipinski definition) is 2. The second-order valence-corrected chi connectivity index (χ2v) is 2.24. The summed E-state index contributed by atoms with van der Waals surface area (Å²) in [6.45, 7) is 0.0813. The number of aromatic nitrogens is 1. The predicted molar refractivity (Wildman–Crippen MR) is 47.2 cm³/mol. The number of hydrogen-bond acceptors (Lipinski definition) is 3. The van der Waals surface area contributed by atoms with Crippen LogP contribution in [-0.4, -0.2) is 16.7 Å². The molecule has 0 radical (unpaired) electrons. The van der Waals surface area contributed by atoms with Crippen LogP contribution < -0.4 is 5.73 Å². The molecule has 1 aromatic rings. The molecular weight excluding hydrogens is 152 g/mol. The smallest absolute Gasteiger partial charge is 0.0659 e. The third kappa shape index (κ3) is 2.26. The van der Waals surface area contributed by atoms with E-state index in [9.17, 15) is 0 Å². The average Bonchev–Trinajstić information content (AvgIpc) is 2.09. The molecule has 0 aromatic carbocycles. The molecule has 1 rings (SSSR count). The van der Waals surface area contributed by atoms with Gasteiger partial charge in [-0.15, -0.1) is 0 Å². The molecule has 1 heterocycles. The number of nitrogens with two attached hydrogens (primary N) is 1. The van der Waals surface area contributed by atoms with Crippen molar-refractivity contribution in [3.05, 3.63) is 24.0 Å². The van der Waals surface area contributed by atoms with Gasteiger partial charge in [0.1, 0.15) is 0 Å². The molecule has 0 aliphatic heterocycles. The summed E-state index contributed by atoms with van der Waals surface area (Å²) < 4.78 is 0. The van der Waals surface area contributed by atoms with Crippen LogP contribution in [0.3, 0.4) is 0 Å². The van der Waals surface area contributed by atoms with Gasteiger partial charge in [-0.2, -0.15) is 0 Å². The van der Waals surface area contributed by atoms with Crippen molar-refractivity contribution < 1.29 is 5.11 Å². The monoisotopic (exact) mass is 162 g/mol. The first-order chi connectivity index (χ1) is 5.84. The van der Waals surface area contributed by atoms with E-state index in [0.717, 1.165) is 5.56 Å². The third-order valence-electron chi connectivity index (χ3n) is 1.31. The number of nitrogens with zero attached hydrogens (tertiary/aromatic N) is 1. The Morgan fingerprint density at radius 3 is 3.08 bits per heavy atom. The van der Waals surface area contributed by atoms with Crippen LogP contribution in [0.5, 0.6) is 0 Å². The zero-order valence-corrected chi connectivity index (χ0v) is 6.62. The lowest BCUT2D eigenvalue weighted by Gasteiger charge is -1.93. The highest BCUT2D eigenvalue weighted by molar-refractivity contribution is 5.53. The first kappa shape index (κ1) is 8.57. The third-order valence-corrected chi connectivity index (χ3v) is 1.31. The summed E-state index contributed by atoms with van der Waals surface area (Å²) >= 11 is 0. The summed E-state index contributed by atoms with van der Waals surface area (Å²) in [5, 5.41) is 8.47. The van der Waals surface area contributed by atoms with Crippen molar-refractivity contribution in [3.8, 4) is 11.8 Å². The molecule has 0 saturated carbocycles. The fourth-order valence-corrected chi connectivity index (χ4v) is 0.734. The number of pyridine rings is 1. The van der Waals surface area contributed by atoms with Gasteiger partial charge in [0.15, 0.2) is 0 Å². The minimum Gasteiger partial charge on any atom is -0.396 e. The van der Waals surface area contributed by atoms with Gasteiger partial charge >= 0.3 is 0 Å². The van der Waals surface area contributed by atoms with Gasteiger partial charge in [0.2, 0.25) is 0 Å². The van der Waals surface area contributed by atoms with Crippen LogP contribution in [0, 0.1) is 11.8 Å². The molecule has 0 bridgehead atoms. The minimum absolute atomic E-state index is 0.0813. The van der Waals surface area contributed by atoms with E-state index < -0.39 is 0 Å². The van der Waals surface area contributed by atoms with E-state index >= 15 is 0 Å². The van der Waals surface area contributed by atoms with Crippen LogP contribution in [0.4, 0.5) is 5.69 Å². The van der Waals surface area contributed by atoms with E-state index in [1.165, 1.54) is 0 Å². The molecule has 3 nitrogen and oxygen atoms in total. The molecule has 0 saturated heterocycles. The van der Waals surface area contributed by atoms with Crippen molar-refractivity contribution in [1.82, 2.24) is 4.98 Å². The molecule has 1 aromatic heterocycles. The van der Waals surface area contributed by atoms with E-state index in [1.807, 2.05) is 0 Å². The Bertz CT molecular complexity index is 312. The summed E-state index contributed by atoms with van der Waals surface area (Å²) in [5.74, 6) is 5.62. The Kier molecular flexibility index (Phi) is 3.12. The normalized spacial score (nSPS) is 8.75. The van der Waals surface area contributed by atoms with Crippen LogP contribution in [0.2, 0.25) is 0 Å². The fourth-order valence-electron chi connectivity index (χ4n) is 0.734. The standard InChI is InChI=1S/C9H10N2O/c10-9-7-11-5-4-8(9)3-1-2-6-12/h4-5,7,12H,2,6,10H2. The van der Waals surface area contributed by atoms with Gasteiger partial charge in [-0.25, -0.2) is 0 Å². The molecule has 0 unspecified atom stereocenters. The van der Waals surface area contributed by atoms with Gasteiger partial charge in [0, 0.05) is 12.6 Å². The van der Waals surface area contributed by atoms with Gasteiger partial charge in [-0.3, -0.25) is 4.98 Å². The second kappa shape index (κ2) is 4.37. The summed E-state index contributed by atoms with van der Waals surface area (Å²) in [6.07, 6.45) is 3.67. The zero-order chi connectivity index (χ0) is 8.81. The van der Waals surface area contributed by atoms with Crippen molar-refractivity contribution in [2.45, 2.75) is 6.42 Å². The topological polar surface area (TPSA) is 59.1 Å². The van der Waals surface area contributed by atoms with Gasteiger partial charge in [-0.05, 0) is 6.07 Å². The Hall–Kier alpha value is -1.53. The Morgan fingerprint density at radius 1 is 1.58 bits per heavy atom. The molecule has 0 spiro atoms. The molecule has 0 aliphatic carbocycles. The number of nitrogen functional groups attached to an aromatic ring is 1. The summed E-state index contributed by atoms with van der Waals surface area (Å²) in [5.41, 5.74) is 6.91. The molecule has 3 N–H and O–H groups in total. The molecule has 0 amide bonds. The Labute approximate surface area is 71.2 Å². The fraction of sp³-hybridized carbons (Fsp3) is 0.222. The van der Waals surface area contributed by atoms with Crippen molar-refractivity contribution in [1.29, 1.82) is 0 Å². The number of rotatable bonds is 1. The zero-order valence-electron chi connectivity index (χ0n) is 6.62. The molecule has 0 fully saturated rings. The van der Waals surface area contributed by atoms with Crippen LogP contribution in [-0.2, 0) is 0 Å². The van der Waals surface area contributed by atoms with Crippen LogP contribution >= 0.6 is 0 Å². The van der Waals surface area contributed by atoms with Gasteiger partial charge in [0.25, 0.3) is 0 Å². The highest BCUT2D eigenvalue weighted by atomic mass is 16.2. The lowest BCUT2D eigenvalue weighted by Crippen LogP contribution is -1.90. The Balaban J connectivity index is 2.77. The average molecular weight is 162 g/mol. The van der Waals surface area contributed by atoms with Crippen LogP contribution in [0.1, 0.15) is 12.0 Å². The van der Waals surface area contributed by atoms with E-state index in [2.05, 4.69) is 16.8 Å². The van der Waals surface area contributed by atoms with Gasteiger partial charge < -0.3 is 10.8 Å². The summed E-state index contributed by atoms with van der Waals surface area (Å²) in [4.78, 5) is 3.83. The lowest BCUT2D eigenvalue weighted by molar-refractivity contribution is 0.305. The van der Waals surface area contributed by atoms with Crippen LogP contribution in [0.25, 0.3) is 0 Å². The highest BCUT2D eigenvalue weighted by Gasteiger charge is 1.90. The van der Waals surface area contributed by atoms with Crippen molar-refractivity contribution in [3.63, 3.8) is 0 Å². The number of aliphatic hydroxyl groups is 1. The van der Waals surface area contributed by atoms with E-state index in [0.29, 0.717) is 12.1 Å². The SMILES string of the molecule is Nc1cnccc1C#CCCO. The first-order valence-corrected chi connectivity index (χ1v) is 3.64. The highest BCUT2D eigenvalue weighted by Crippen LogP contribution is 2.05. The maximum atomic E-state index is 8.47. The van der Waals surface area contributed by atoms with Crippen molar-refractivity contribution in [2.24, 2.45) is 0 Å². The van der Waals surface area contributed by atoms with Crippen molar-refractivity contribution >= 4 is 5.69 Å². The minimum atomic E-state index is 0.0813. The predicted octanol–water partition coefficient (Wildman–Crippen LogP) is 0.398. The van der Waals surface area contributed by atoms with Crippen molar-refractivity contribution in [2.75, 3.05) is 12.3 Å². The van der Waals surface area contributed by atoms with E-state index in [4.69, 9.17) is 10.8 Å². The molecular formula is C9H10N2O. The maximum Gasteiger partial charge on any atom is 0.0659 e. The number of aliphatic hydroxyl groups excluding tert-OH is 1. The van der Waals surface area contributed by atoms with Gasteiger partial charge in [-0.1, -0.05) is 11.8 Å². The lowest BCUT2D eigenvalue weighted by atomic mass is 10.2. The summed E-state index contributed by atoms with van der Waals surface area (Å²) in [6, 6.07) is 1.75. The van der Waals surface area contributed by atoms with Crippen LogP contribution in [0.15, 0.2) is 18.5 Å². The molecule has 12 heavy (non-hydrogen) atoms. The Morgan fingerprint density at radius 2 is 2.42 bits per heavy atom. The molecule has 62 valence electrons. The largest absolute Gasteiger partial charge is 0.396 e. The van der Waals surface area contributed by atoms with E-state index in [-0.39, 0.29) is 6.61 Å². The first-order valence-electron chi connectivity index (χ1n) is 3.64. The molecule has 0 atom stereocenters. The number of anilines is 1. The van der Waals surface area contributed by atoms with Gasteiger partial charge in [0.05, 0.1) is 24.1 Å². The summed E-state index contributed by atoms with van der Waals surface area (Å²) in [7, 11) is 0. The maximum absolute atomic E-state index is 8.47. The quantitative estimate of drug-likeness (QED) is 0.587.